The SMILES string of the molecule is CCn1cc(C(N)CO)c(C)n1. The van der Waals surface area contributed by atoms with Crippen LogP contribution in [0.4, 0.5) is 0 Å². The Balaban J connectivity index is 2.91. The van der Waals surface area contributed by atoms with E-state index in [2.05, 4.69) is 5.10 Å². The average molecular weight is 169 g/mol. The van der Waals surface area contributed by atoms with E-state index in [1.165, 1.54) is 0 Å². The van der Waals surface area contributed by atoms with Crippen LogP contribution in [-0.2, 0) is 6.54 Å². The minimum Gasteiger partial charge on any atom is -0.394 e. The van der Waals surface area contributed by atoms with E-state index in [1.807, 2.05) is 24.7 Å². The van der Waals surface area contributed by atoms with Gasteiger partial charge < -0.3 is 10.8 Å². The second-order valence-electron chi connectivity index (χ2n) is 2.81. The van der Waals surface area contributed by atoms with Crippen LogP contribution in [0.3, 0.4) is 0 Å². The number of hydrogen-bond donors (Lipinski definition) is 2. The topological polar surface area (TPSA) is 64.1 Å². The number of aliphatic hydroxyl groups excluding tert-OH is 1. The lowest BCUT2D eigenvalue weighted by atomic mass is 10.1. The van der Waals surface area contributed by atoms with E-state index < -0.39 is 0 Å². The van der Waals surface area contributed by atoms with Crippen LogP contribution in [0.5, 0.6) is 0 Å². The first-order valence-corrected chi connectivity index (χ1v) is 4.09. The van der Waals surface area contributed by atoms with Crippen molar-refractivity contribution >= 4 is 0 Å². The lowest BCUT2D eigenvalue weighted by Gasteiger charge is -2.04. The zero-order valence-corrected chi connectivity index (χ0v) is 7.49. The third-order valence-electron chi connectivity index (χ3n) is 1.90. The van der Waals surface area contributed by atoms with Crippen LogP contribution in [0.2, 0.25) is 0 Å². The summed E-state index contributed by atoms with van der Waals surface area (Å²) < 4.78 is 1.82. The summed E-state index contributed by atoms with van der Waals surface area (Å²) in [5, 5.41) is 13.1. The Morgan fingerprint density at radius 1 is 1.75 bits per heavy atom. The van der Waals surface area contributed by atoms with E-state index in [9.17, 15) is 0 Å². The maximum Gasteiger partial charge on any atom is 0.0642 e. The molecule has 0 aliphatic heterocycles. The molecule has 0 saturated carbocycles. The zero-order chi connectivity index (χ0) is 9.14. The monoisotopic (exact) mass is 169 g/mol. The molecule has 1 aromatic rings. The first kappa shape index (κ1) is 9.22. The molecule has 0 saturated heterocycles. The van der Waals surface area contributed by atoms with Crippen molar-refractivity contribution < 1.29 is 5.11 Å². The van der Waals surface area contributed by atoms with Crippen LogP contribution >= 0.6 is 0 Å². The largest absolute Gasteiger partial charge is 0.394 e. The highest BCUT2D eigenvalue weighted by atomic mass is 16.3. The molecule has 0 fully saturated rings. The lowest BCUT2D eigenvalue weighted by Crippen LogP contribution is -2.14. The molecular formula is C8H15N3O. The standard InChI is InChI=1S/C8H15N3O/c1-3-11-4-7(6(2)10-11)8(9)5-12/h4,8,12H,3,5,9H2,1-2H3. The van der Waals surface area contributed by atoms with Crippen LogP contribution in [0, 0.1) is 6.92 Å². The van der Waals surface area contributed by atoms with Crippen molar-refractivity contribution in [1.82, 2.24) is 9.78 Å². The fourth-order valence-electron chi connectivity index (χ4n) is 1.16. The molecule has 0 spiro atoms. The van der Waals surface area contributed by atoms with Gasteiger partial charge in [-0.05, 0) is 13.8 Å². The van der Waals surface area contributed by atoms with Gasteiger partial charge in [0, 0.05) is 18.3 Å². The Bertz CT molecular complexity index is 257. The van der Waals surface area contributed by atoms with Crippen molar-refractivity contribution in [2.75, 3.05) is 6.61 Å². The van der Waals surface area contributed by atoms with Gasteiger partial charge >= 0.3 is 0 Å². The first-order valence-electron chi connectivity index (χ1n) is 4.09. The van der Waals surface area contributed by atoms with Crippen LogP contribution in [0.25, 0.3) is 0 Å². The number of nitrogens with zero attached hydrogens (tertiary/aromatic N) is 2. The van der Waals surface area contributed by atoms with Gasteiger partial charge in [-0.1, -0.05) is 0 Å². The fourth-order valence-corrected chi connectivity index (χ4v) is 1.16. The maximum absolute atomic E-state index is 8.83. The quantitative estimate of drug-likeness (QED) is 0.679. The molecule has 0 aliphatic carbocycles. The summed E-state index contributed by atoms with van der Waals surface area (Å²) in [6.45, 7) is 4.72. The molecule has 0 bridgehead atoms. The van der Waals surface area contributed by atoms with E-state index in [4.69, 9.17) is 10.8 Å². The molecule has 1 heterocycles. The van der Waals surface area contributed by atoms with Crippen molar-refractivity contribution in [3.8, 4) is 0 Å². The van der Waals surface area contributed by atoms with Gasteiger partial charge in [-0.3, -0.25) is 4.68 Å². The number of aromatic nitrogens is 2. The van der Waals surface area contributed by atoms with Gasteiger partial charge in [-0.25, -0.2) is 0 Å². The van der Waals surface area contributed by atoms with Crippen LogP contribution < -0.4 is 5.73 Å². The average Bonchev–Trinajstić information content (AvgIpc) is 2.45. The highest BCUT2D eigenvalue weighted by Gasteiger charge is 2.10. The molecule has 68 valence electrons. The Morgan fingerprint density at radius 3 is 2.83 bits per heavy atom. The number of aryl methyl sites for hydroxylation is 2. The number of nitrogens with two attached hydrogens (primary N) is 1. The van der Waals surface area contributed by atoms with E-state index >= 15 is 0 Å². The Morgan fingerprint density at radius 2 is 2.42 bits per heavy atom. The van der Waals surface area contributed by atoms with E-state index in [0.29, 0.717) is 0 Å². The molecule has 1 atom stereocenters. The Hall–Kier alpha value is -0.870. The predicted octanol–water partition coefficient (Wildman–Crippen LogP) is 0.204. The van der Waals surface area contributed by atoms with Gasteiger partial charge in [0.05, 0.1) is 18.3 Å². The molecule has 1 rings (SSSR count). The van der Waals surface area contributed by atoms with Crippen molar-refractivity contribution in [3.63, 3.8) is 0 Å². The normalized spacial score (nSPS) is 13.3. The summed E-state index contributed by atoms with van der Waals surface area (Å²) in [7, 11) is 0. The molecule has 12 heavy (non-hydrogen) atoms. The van der Waals surface area contributed by atoms with Crippen molar-refractivity contribution in [1.29, 1.82) is 0 Å². The van der Waals surface area contributed by atoms with Gasteiger partial charge in [0.15, 0.2) is 0 Å². The second kappa shape index (κ2) is 3.69. The highest BCUT2D eigenvalue weighted by Crippen LogP contribution is 2.13. The van der Waals surface area contributed by atoms with E-state index in [0.717, 1.165) is 17.8 Å². The Kier molecular flexibility index (Phi) is 2.83. The molecule has 0 aliphatic rings. The van der Waals surface area contributed by atoms with Crippen LogP contribution in [0.1, 0.15) is 24.2 Å². The molecule has 3 N–H and O–H groups in total. The smallest absolute Gasteiger partial charge is 0.0642 e. The van der Waals surface area contributed by atoms with Crippen LogP contribution in [-0.4, -0.2) is 21.5 Å². The summed E-state index contributed by atoms with van der Waals surface area (Å²) in [5.41, 5.74) is 7.49. The van der Waals surface area contributed by atoms with Crippen molar-refractivity contribution in [2.45, 2.75) is 26.4 Å². The molecular weight excluding hydrogens is 154 g/mol. The molecule has 1 aromatic heterocycles. The highest BCUT2D eigenvalue weighted by molar-refractivity contribution is 5.19. The van der Waals surface area contributed by atoms with Crippen LogP contribution in [0.15, 0.2) is 6.20 Å². The summed E-state index contributed by atoms with van der Waals surface area (Å²) >= 11 is 0. The molecule has 0 aromatic carbocycles. The number of aliphatic hydroxyl groups is 1. The number of rotatable bonds is 3. The first-order chi connectivity index (χ1) is 5.69. The molecule has 4 heteroatoms. The van der Waals surface area contributed by atoms with E-state index in [1.54, 1.807) is 0 Å². The Labute approximate surface area is 72.0 Å². The summed E-state index contributed by atoms with van der Waals surface area (Å²) in [6, 6.07) is -0.301. The fraction of sp³-hybridized carbons (Fsp3) is 0.625. The van der Waals surface area contributed by atoms with Crippen molar-refractivity contribution in [3.05, 3.63) is 17.5 Å². The van der Waals surface area contributed by atoms with Gasteiger partial charge in [-0.2, -0.15) is 5.10 Å². The lowest BCUT2D eigenvalue weighted by molar-refractivity contribution is 0.267. The maximum atomic E-state index is 8.83. The molecule has 0 radical (unpaired) electrons. The molecule has 0 amide bonds. The van der Waals surface area contributed by atoms with Gasteiger partial charge in [0.25, 0.3) is 0 Å². The summed E-state index contributed by atoms with van der Waals surface area (Å²) in [6.07, 6.45) is 1.89. The minimum absolute atomic E-state index is 0.0315. The van der Waals surface area contributed by atoms with E-state index in [-0.39, 0.29) is 12.6 Å². The van der Waals surface area contributed by atoms with Gasteiger partial charge in [0.1, 0.15) is 0 Å². The minimum atomic E-state index is -0.301. The third kappa shape index (κ3) is 1.65. The van der Waals surface area contributed by atoms with Crippen molar-refractivity contribution in [2.24, 2.45) is 5.73 Å². The van der Waals surface area contributed by atoms with Gasteiger partial charge in [-0.15, -0.1) is 0 Å². The number of hydrogen-bond acceptors (Lipinski definition) is 3. The molecule has 4 nitrogen and oxygen atoms in total. The molecule has 1 unspecified atom stereocenters. The summed E-state index contributed by atoms with van der Waals surface area (Å²) in [4.78, 5) is 0. The predicted molar refractivity (Wildman–Crippen MR) is 46.7 cm³/mol. The zero-order valence-electron chi connectivity index (χ0n) is 7.49. The van der Waals surface area contributed by atoms with Gasteiger partial charge in [0.2, 0.25) is 0 Å². The summed E-state index contributed by atoms with van der Waals surface area (Å²) in [5.74, 6) is 0. The third-order valence-corrected chi connectivity index (χ3v) is 1.90. The second-order valence-corrected chi connectivity index (χ2v) is 2.81.